The van der Waals surface area contributed by atoms with E-state index in [-0.39, 0.29) is 33.7 Å². The van der Waals surface area contributed by atoms with Gasteiger partial charge in [0.1, 0.15) is 22.7 Å². The summed E-state index contributed by atoms with van der Waals surface area (Å²) in [6.07, 6.45) is -2.85. The van der Waals surface area contributed by atoms with E-state index in [2.05, 4.69) is 14.8 Å². The Kier molecular flexibility index (Phi) is 7.35. The molecule has 0 spiro atoms. The zero-order valence-electron chi connectivity index (χ0n) is 18.7. The SMILES string of the molecule is Cc1nc(C(N)C(F)F)sc1Oc1ccc(-n2nc(OC=O)n(Cc3c(F)cccc3F)c2=O)cc1F. The van der Waals surface area contributed by atoms with E-state index < -0.39 is 53.7 Å². The Morgan fingerprint density at radius 3 is 2.46 bits per heavy atom. The molecule has 0 saturated heterocycles. The lowest BCUT2D eigenvalue weighted by molar-refractivity contribution is -0.121. The van der Waals surface area contributed by atoms with Crippen LogP contribution in [-0.4, -0.2) is 32.2 Å². The molecule has 2 N–H and O–H groups in total. The van der Waals surface area contributed by atoms with Crippen molar-refractivity contribution in [3.8, 4) is 22.5 Å². The number of halogens is 5. The van der Waals surface area contributed by atoms with E-state index in [0.29, 0.717) is 9.25 Å². The van der Waals surface area contributed by atoms with E-state index in [4.69, 9.17) is 10.5 Å². The highest BCUT2D eigenvalue weighted by Gasteiger charge is 2.24. The Morgan fingerprint density at radius 2 is 1.84 bits per heavy atom. The summed E-state index contributed by atoms with van der Waals surface area (Å²) in [4.78, 5) is 27.7. The van der Waals surface area contributed by atoms with E-state index in [1.807, 2.05) is 0 Å². The summed E-state index contributed by atoms with van der Waals surface area (Å²) in [6.45, 7) is 0.764. The van der Waals surface area contributed by atoms with Crippen molar-refractivity contribution in [2.45, 2.75) is 25.9 Å². The number of rotatable bonds is 9. The fourth-order valence-electron chi connectivity index (χ4n) is 3.21. The zero-order valence-corrected chi connectivity index (χ0v) is 19.5. The van der Waals surface area contributed by atoms with Crippen molar-refractivity contribution in [3.63, 3.8) is 0 Å². The van der Waals surface area contributed by atoms with E-state index >= 15 is 0 Å². The molecule has 0 bridgehead atoms. The van der Waals surface area contributed by atoms with Gasteiger partial charge in [0.15, 0.2) is 11.6 Å². The van der Waals surface area contributed by atoms with Gasteiger partial charge in [0, 0.05) is 11.6 Å². The first-order valence-electron chi connectivity index (χ1n) is 10.3. The number of benzene rings is 2. The Bertz CT molecular complexity index is 1500. The number of aromatic nitrogens is 4. The third kappa shape index (κ3) is 5.22. The molecule has 0 saturated carbocycles. The second-order valence-corrected chi connectivity index (χ2v) is 8.47. The van der Waals surface area contributed by atoms with Gasteiger partial charge in [-0.15, -0.1) is 5.10 Å². The molecule has 1 unspecified atom stereocenters. The highest BCUT2D eigenvalue weighted by atomic mass is 32.1. The Balaban J connectivity index is 1.66. The maximum atomic E-state index is 14.9. The number of hydrogen-bond donors (Lipinski definition) is 1. The predicted molar refractivity (Wildman–Crippen MR) is 120 cm³/mol. The van der Waals surface area contributed by atoms with Crippen LogP contribution in [0.2, 0.25) is 0 Å². The highest BCUT2D eigenvalue weighted by Crippen LogP contribution is 2.36. The molecule has 0 fully saturated rings. The maximum absolute atomic E-state index is 14.9. The molecular formula is C22H16F5N5O4S. The quantitative estimate of drug-likeness (QED) is 0.253. The first-order chi connectivity index (χ1) is 17.6. The fourth-order valence-corrected chi connectivity index (χ4v) is 4.14. The van der Waals surface area contributed by atoms with Crippen LogP contribution in [0.15, 0.2) is 41.2 Å². The number of carbonyl (C=O) groups excluding carboxylic acids is 1. The van der Waals surface area contributed by atoms with Crippen LogP contribution in [0.25, 0.3) is 5.69 Å². The molecule has 194 valence electrons. The number of carbonyl (C=O) groups is 1. The van der Waals surface area contributed by atoms with Crippen molar-refractivity contribution < 1.29 is 36.2 Å². The highest BCUT2D eigenvalue weighted by molar-refractivity contribution is 7.13. The van der Waals surface area contributed by atoms with Crippen molar-refractivity contribution in [2.24, 2.45) is 5.73 Å². The van der Waals surface area contributed by atoms with Crippen LogP contribution >= 0.6 is 11.3 Å². The molecule has 2 heterocycles. The smallest absolute Gasteiger partial charge is 0.353 e. The lowest BCUT2D eigenvalue weighted by atomic mass is 10.2. The minimum absolute atomic E-state index is 0.0350. The predicted octanol–water partition coefficient (Wildman–Crippen LogP) is 3.86. The largest absolute Gasteiger partial charge is 0.442 e. The van der Waals surface area contributed by atoms with Crippen LogP contribution in [-0.2, 0) is 11.3 Å². The molecule has 0 aliphatic carbocycles. The van der Waals surface area contributed by atoms with Gasteiger partial charge in [-0.3, -0.25) is 4.79 Å². The van der Waals surface area contributed by atoms with Crippen molar-refractivity contribution in [2.75, 3.05) is 0 Å². The third-order valence-electron chi connectivity index (χ3n) is 5.05. The number of nitrogens with zero attached hydrogens (tertiary/aromatic N) is 4. The maximum Gasteiger partial charge on any atom is 0.353 e. The van der Waals surface area contributed by atoms with Gasteiger partial charge >= 0.3 is 18.2 Å². The first kappa shape index (κ1) is 26.0. The topological polar surface area (TPSA) is 114 Å². The average molecular weight is 541 g/mol. The summed E-state index contributed by atoms with van der Waals surface area (Å²) in [5.74, 6) is -3.18. The van der Waals surface area contributed by atoms with Crippen molar-refractivity contribution in [1.29, 1.82) is 0 Å². The summed E-state index contributed by atoms with van der Waals surface area (Å²) in [7, 11) is 0. The van der Waals surface area contributed by atoms with Gasteiger partial charge in [-0.2, -0.15) is 4.68 Å². The molecule has 0 aliphatic heterocycles. The molecule has 2 aromatic carbocycles. The van der Waals surface area contributed by atoms with Gasteiger partial charge in [-0.05, 0) is 31.2 Å². The van der Waals surface area contributed by atoms with Gasteiger partial charge in [-0.25, -0.2) is 36.3 Å². The molecule has 0 amide bonds. The normalized spacial score (nSPS) is 12.1. The van der Waals surface area contributed by atoms with E-state index in [1.54, 1.807) is 0 Å². The summed E-state index contributed by atoms with van der Waals surface area (Å²) in [5.41, 5.74) is 4.00. The number of ether oxygens (including phenoxy) is 2. The minimum atomic E-state index is -2.85. The number of aryl methyl sites for hydroxylation is 1. The Labute approximate surface area is 208 Å². The van der Waals surface area contributed by atoms with Crippen LogP contribution in [0.4, 0.5) is 22.0 Å². The van der Waals surface area contributed by atoms with Gasteiger partial charge < -0.3 is 15.2 Å². The zero-order chi connectivity index (χ0) is 26.9. The van der Waals surface area contributed by atoms with Gasteiger partial charge in [0.2, 0.25) is 5.06 Å². The van der Waals surface area contributed by atoms with Gasteiger partial charge in [-0.1, -0.05) is 17.4 Å². The first-order valence-corrected chi connectivity index (χ1v) is 11.1. The third-order valence-corrected chi connectivity index (χ3v) is 6.19. The number of nitrogens with two attached hydrogens (primary N) is 1. The lowest BCUT2D eigenvalue weighted by Crippen LogP contribution is -2.25. The van der Waals surface area contributed by atoms with Crippen molar-refractivity contribution >= 4 is 17.8 Å². The molecule has 0 radical (unpaired) electrons. The summed E-state index contributed by atoms with van der Waals surface area (Å²) in [5, 5.41) is 3.74. The summed E-state index contributed by atoms with van der Waals surface area (Å²) in [6, 6.07) is 4.12. The van der Waals surface area contributed by atoms with E-state index in [1.165, 1.54) is 13.0 Å². The van der Waals surface area contributed by atoms with E-state index in [9.17, 15) is 31.5 Å². The Morgan fingerprint density at radius 1 is 1.14 bits per heavy atom. The summed E-state index contributed by atoms with van der Waals surface area (Å²) < 4.78 is 80.3. The van der Waals surface area contributed by atoms with Gasteiger partial charge in [0.05, 0.1) is 17.9 Å². The van der Waals surface area contributed by atoms with Crippen LogP contribution in [0, 0.1) is 24.4 Å². The van der Waals surface area contributed by atoms with E-state index in [0.717, 1.165) is 41.7 Å². The molecule has 9 nitrogen and oxygen atoms in total. The molecule has 15 heteroatoms. The average Bonchev–Trinajstić information content (AvgIpc) is 3.36. The molecule has 0 aliphatic rings. The van der Waals surface area contributed by atoms with Crippen molar-refractivity contribution in [1.82, 2.24) is 19.3 Å². The summed E-state index contributed by atoms with van der Waals surface area (Å²) >= 11 is 0.730. The molecule has 4 rings (SSSR count). The molecular weight excluding hydrogens is 525 g/mol. The second-order valence-electron chi connectivity index (χ2n) is 7.48. The molecule has 2 aromatic heterocycles. The Hall–Kier alpha value is -4.11. The fraction of sp³-hybridized carbons (Fsp3) is 0.182. The minimum Gasteiger partial charge on any atom is -0.442 e. The number of thiazole rings is 1. The van der Waals surface area contributed by atoms with Crippen molar-refractivity contribution in [3.05, 3.63) is 80.6 Å². The monoisotopic (exact) mass is 541 g/mol. The number of hydrogen-bond acceptors (Lipinski definition) is 8. The van der Waals surface area contributed by atoms with Crippen LogP contribution < -0.4 is 20.9 Å². The van der Waals surface area contributed by atoms with Crippen LogP contribution in [0.5, 0.6) is 16.8 Å². The molecule has 1 atom stereocenters. The standard InChI is InChI=1S/C22H16F5N5O4S/c1-10-20(37-19(29-10)17(28)18(26)27)36-16-6-5-11(7-15(16)25)32-22(34)31(21(30-32)35-9-33)8-12-13(23)3-2-4-14(12)24/h2-7,9,17-18H,8,28H2,1H3. The van der Waals surface area contributed by atoms with Crippen LogP contribution in [0.1, 0.15) is 22.3 Å². The van der Waals surface area contributed by atoms with Crippen LogP contribution in [0.3, 0.4) is 0 Å². The molecule has 4 aromatic rings. The molecule has 37 heavy (non-hydrogen) atoms. The second kappa shape index (κ2) is 10.5. The lowest BCUT2D eigenvalue weighted by Gasteiger charge is -2.07. The number of alkyl halides is 2. The van der Waals surface area contributed by atoms with Gasteiger partial charge in [0.25, 0.3) is 6.43 Å².